The number of ether oxygens (including phenoxy) is 1. The van der Waals surface area contributed by atoms with Crippen molar-refractivity contribution in [2.45, 2.75) is 52.1 Å². The van der Waals surface area contributed by atoms with Crippen LogP contribution >= 0.6 is 0 Å². The quantitative estimate of drug-likeness (QED) is 0.736. The molecule has 18 heavy (non-hydrogen) atoms. The molecule has 2 aliphatic heterocycles. The predicted octanol–water partition coefficient (Wildman–Crippen LogP) is 2.27. The summed E-state index contributed by atoms with van der Waals surface area (Å²) in [6.45, 7) is 11.7. The van der Waals surface area contributed by atoms with E-state index in [0.29, 0.717) is 11.5 Å². The van der Waals surface area contributed by atoms with E-state index in [9.17, 15) is 0 Å². The van der Waals surface area contributed by atoms with Crippen LogP contribution in [0.2, 0.25) is 0 Å². The first-order valence-corrected chi connectivity index (χ1v) is 7.76. The summed E-state index contributed by atoms with van der Waals surface area (Å²) in [5.41, 5.74) is 0.613. The lowest BCUT2D eigenvalue weighted by Gasteiger charge is -2.39. The maximum absolute atomic E-state index is 5.61. The topological polar surface area (TPSA) is 24.5 Å². The molecule has 3 nitrogen and oxygen atoms in total. The summed E-state index contributed by atoms with van der Waals surface area (Å²) in [5.74, 6) is 0. The molecular formula is C15H30N2O. The minimum atomic E-state index is 0.481. The van der Waals surface area contributed by atoms with Gasteiger partial charge in [0, 0.05) is 26.2 Å². The van der Waals surface area contributed by atoms with E-state index in [1.165, 1.54) is 51.7 Å². The van der Waals surface area contributed by atoms with E-state index in [-0.39, 0.29) is 0 Å². The van der Waals surface area contributed by atoms with Crippen molar-refractivity contribution < 1.29 is 4.74 Å². The highest BCUT2D eigenvalue weighted by molar-refractivity contribution is 4.81. The Hall–Kier alpha value is -0.120. The van der Waals surface area contributed by atoms with Crippen LogP contribution in [0.1, 0.15) is 46.0 Å². The van der Waals surface area contributed by atoms with Gasteiger partial charge in [-0.05, 0) is 44.2 Å². The van der Waals surface area contributed by atoms with Gasteiger partial charge in [-0.3, -0.25) is 0 Å². The van der Waals surface area contributed by atoms with E-state index >= 15 is 0 Å². The smallest absolute Gasteiger partial charge is 0.0700 e. The standard InChI is InChI=1S/C15H30N2O/c1-3-15(2)6-9-17(10-7-15)11-8-16-13-14-5-4-12-18-14/h14,16H,3-13H2,1-2H3. The summed E-state index contributed by atoms with van der Waals surface area (Å²) in [4.78, 5) is 2.61. The zero-order chi connectivity index (χ0) is 12.8. The van der Waals surface area contributed by atoms with Crippen molar-refractivity contribution in [3.8, 4) is 0 Å². The average Bonchev–Trinajstić information content (AvgIpc) is 2.90. The average molecular weight is 254 g/mol. The van der Waals surface area contributed by atoms with Crippen molar-refractivity contribution in [3.05, 3.63) is 0 Å². The van der Waals surface area contributed by atoms with Crippen molar-refractivity contribution in [2.24, 2.45) is 5.41 Å². The lowest BCUT2D eigenvalue weighted by molar-refractivity contribution is 0.102. The maximum Gasteiger partial charge on any atom is 0.0700 e. The third kappa shape index (κ3) is 4.22. The zero-order valence-corrected chi connectivity index (χ0v) is 12.2. The van der Waals surface area contributed by atoms with E-state index in [2.05, 4.69) is 24.1 Å². The van der Waals surface area contributed by atoms with Crippen LogP contribution in [0.3, 0.4) is 0 Å². The lowest BCUT2D eigenvalue weighted by atomic mass is 9.78. The molecule has 0 aromatic rings. The first-order valence-electron chi connectivity index (χ1n) is 7.76. The Balaban J connectivity index is 1.52. The van der Waals surface area contributed by atoms with E-state index in [1.54, 1.807) is 0 Å². The number of nitrogens with zero attached hydrogens (tertiary/aromatic N) is 1. The van der Waals surface area contributed by atoms with Crippen LogP contribution in [0, 0.1) is 5.41 Å². The maximum atomic E-state index is 5.61. The largest absolute Gasteiger partial charge is 0.377 e. The molecule has 0 aromatic heterocycles. The monoisotopic (exact) mass is 254 g/mol. The van der Waals surface area contributed by atoms with E-state index in [4.69, 9.17) is 4.74 Å². The number of hydrogen-bond donors (Lipinski definition) is 1. The second-order valence-corrected chi connectivity index (χ2v) is 6.35. The Morgan fingerprint density at radius 1 is 1.33 bits per heavy atom. The van der Waals surface area contributed by atoms with Gasteiger partial charge < -0.3 is 15.0 Å². The lowest BCUT2D eigenvalue weighted by Crippen LogP contribution is -2.42. The fourth-order valence-electron chi connectivity index (χ4n) is 2.98. The third-order valence-corrected chi connectivity index (χ3v) is 4.92. The van der Waals surface area contributed by atoms with Gasteiger partial charge in [0.15, 0.2) is 0 Å². The normalized spacial score (nSPS) is 28.7. The second kappa shape index (κ2) is 6.88. The van der Waals surface area contributed by atoms with Crippen LogP contribution in [0.5, 0.6) is 0 Å². The van der Waals surface area contributed by atoms with Gasteiger partial charge in [0.1, 0.15) is 0 Å². The van der Waals surface area contributed by atoms with Crippen LogP contribution < -0.4 is 5.32 Å². The molecule has 0 radical (unpaired) electrons. The fraction of sp³-hybridized carbons (Fsp3) is 1.00. The van der Waals surface area contributed by atoms with Crippen molar-refractivity contribution in [2.75, 3.05) is 39.3 Å². The van der Waals surface area contributed by atoms with Crippen molar-refractivity contribution in [1.29, 1.82) is 0 Å². The highest BCUT2D eigenvalue weighted by atomic mass is 16.5. The molecule has 0 saturated carbocycles. The third-order valence-electron chi connectivity index (χ3n) is 4.92. The van der Waals surface area contributed by atoms with Gasteiger partial charge in [-0.25, -0.2) is 0 Å². The van der Waals surface area contributed by atoms with Gasteiger partial charge >= 0.3 is 0 Å². The summed E-state index contributed by atoms with van der Waals surface area (Å²) >= 11 is 0. The van der Waals surface area contributed by atoms with Gasteiger partial charge in [0.25, 0.3) is 0 Å². The molecule has 0 amide bonds. The fourth-order valence-corrected chi connectivity index (χ4v) is 2.98. The Kier molecular flexibility index (Phi) is 5.46. The van der Waals surface area contributed by atoms with Crippen molar-refractivity contribution in [3.63, 3.8) is 0 Å². The molecule has 0 aliphatic carbocycles. The second-order valence-electron chi connectivity index (χ2n) is 6.35. The molecule has 0 spiro atoms. The molecule has 2 fully saturated rings. The first-order chi connectivity index (χ1) is 8.72. The predicted molar refractivity (Wildman–Crippen MR) is 75.9 cm³/mol. The van der Waals surface area contributed by atoms with Crippen molar-refractivity contribution >= 4 is 0 Å². The van der Waals surface area contributed by atoms with E-state index in [1.807, 2.05) is 0 Å². The number of hydrogen-bond acceptors (Lipinski definition) is 3. The molecular weight excluding hydrogens is 224 g/mol. The number of likely N-dealkylation sites (tertiary alicyclic amines) is 1. The van der Waals surface area contributed by atoms with Crippen LogP contribution in [-0.4, -0.2) is 50.3 Å². The molecule has 1 N–H and O–H groups in total. The van der Waals surface area contributed by atoms with Crippen LogP contribution in [-0.2, 0) is 4.74 Å². The molecule has 1 atom stereocenters. The van der Waals surface area contributed by atoms with Gasteiger partial charge in [-0.2, -0.15) is 0 Å². The number of rotatable bonds is 6. The molecule has 3 heteroatoms. The molecule has 2 aliphatic rings. The van der Waals surface area contributed by atoms with Crippen LogP contribution in [0.4, 0.5) is 0 Å². The minimum Gasteiger partial charge on any atom is -0.377 e. The molecule has 2 rings (SSSR count). The summed E-state index contributed by atoms with van der Waals surface area (Å²) in [6, 6.07) is 0. The number of nitrogens with one attached hydrogen (secondary N) is 1. The highest BCUT2D eigenvalue weighted by Crippen LogP contribution is 2.33. The molecule has 2 saturated heterocycles. The van der Waals surface area contributed by atoms with Crippen molar-refractivity contribution in [1.82, 2.24) is 10.2 Å². The molecule has 2 heterocycles. The summed E-state index contributed by atoms with van der Waals surface area (Å²) in [6.07, 6.45) is 7.04. The van der Waals surface area contributed by atoms with Gasteiger partial charge in [0.2, 0.25) is 0 Å². The van der Waals surface area contributed by atoms with E-state index in [0.717, 1.165) is 19.7 Å². The van der Waals surface area contributed by atoms with Gasteiger partial charge in [-0.15, -0.1) is 0 Å². The van der Waals surface area contributed by atoms with E-state index < -0.39 is 0 Å². The molecule has 1 unspecified atom stereocenters. The molecule has 0 aromatic carbocycles. The summed E-state index contributed by atoms with van der Waals surface area (Å²) < 4.78 is 5.61. The Labute approximate surface area is 112 Å². The highest BCUT2D eigenvalue weighted by Gasteiger charge is 2.27. The Morgan fingerprint density at radius 3 is 2.72 bits per heavy atom. The molecule has 0 bridgehead atoms. The zero-order valence-electron chi connectivity index (χ0n) is 12.2. The van der Waals surface area contributed by atoms with Crippen LogP contribution in [0.15, 0.2) is 0 Å². The van der Waals surface area contributed by atoms with Gasteiger partial charge in [-0.1, -0.05) is 20.3 Å². The van der Waals surface area contributed by atoms with Gasteiger partial charge in [0.05, 0.1) is 6.10 Å². The molecule has 106 valence electrons. The summed E-state index contributed by atoms with van der Waals surface area (Å²) in [7, 11) is 0. The minimum absolute atomic E-state index is 0.481. The Morgan fingerprint density at radius 2 is 2.11 bits per heavy atom. The number of piperidine rings is 1. The van der Waals surface area contributed by atoms with Crippen LogP contribution in [0.25, 0.3) is 0 Å². The first kappa shape index (κ1) is 14.3. The SMILES string of the molecule is CCC1(C)CCN(CCNCC2CCCO2)CC1. The summed E-state index contributed by atoms with van der Waals surface area (Å²) in [5, 5.41) is 3.54. The Bertz CT molecular complexity index is 231.